The Labute approximate surface area is 162 Å². The smallest absolute Gasteiger partial charge is 0.240 e. The maximum atomic E-state index is 12.8. The minimum absolute atomic E-state index is 0.344. The fourth-order valence-corrected chi connectivity index (χ4v) is 2.94. The lowest BCUT2D eigenvalue weighted by Gasteiger charge is -2.18. The number of halogens is 1. The first kappa shape index (κ1) is 18.7. The van der Waals surface area contributed by atoms with Crippen LogP contribution in [0, 0.1) is 23.7 Å². The summed E-state index contributed by atoms with van der Waals surface area (Å²) in [7, 11) is 1.48. The number of amides is 2. The number of nitriles is 1. The Kier molecular flexibility index (Phi) is 5.06. The number of aryl methyl sites for hydroxylation is 1. The highest BCUT2D eigenvalue weighted by Crippen LogP contribution is 2.48. The number of methoxy groups -OCH3 is 1. The van der Waals surface area contributed by atoms with Crippen molar-refractivity contribution in [1.29, 1.82) is 5.26 Å². The second-order valence-corrected chi connectivity index (χ2v) is 6.86. The molecule has 7 heteroatoms. The zero-order chi connectivity index (χ0) is 19.6. The molecule has 2 aromatic carbocycles. The minimum Gasteiger partial charge on any atom is -0.495 e. The normalized spacial score (nSPS) is 14.0. The number of hydrogen-bond donors (Lipinski definition) is 2. The van der Waals surface area contributed by atoms with Gasteiger partial charge in [0.25, 0.3) is 0 Å². The van der Waals surface area contributed by atoms with E-state index in [9.17, 15) is 9.59 Å². The fourth-order valence-electron chi connectivity index (χ4n) is 2.79. The van der Waals surface area contributed by atoms with Gasteiger partial charge in [-0.05, 0) is 43.5 Å². The average molecular weight is 384 g/mol. The first-order valence-electron chi connectivity index (χ1n) is 8.37. The molecule has 27 heavy (non-hydrogen) atoms. The molecule has 0 radical (unpaired) electrons. The maximum absolute atomic E-state index is 12.8. The van der Waals surface area contributed by atoms with E-state index < -0.39 is 17.2 Å². The summed E-state index contributed by atoms with van der Waals surface area (Å²) < 4.78 is 5.27. The van der Waals surface area contributed by atoms with Gasteiger partial charge in [0.2, 0.25) is 11.8 Å². The number of rotatable bonds is 5. The predicted molar refractivity (Wildman–Crippen MR) is 103 cm³/mol. The van der Waals surface area contributed by atoms with Gasteiger partial charge < -0.3 is 15.4 Å². The Morgan fingerprint density at radius 3 is 2.37 bits per heavy atom. The number of ether oxygens (including phenoxy) is 1. The SMILES string of the molecule is COc1cc(Cl)c(C)cc1NC(=O)C1(C(=O)Nc2ccccc2C#N)CC1. The Bertz CT molecular complexity index is 961. The molecule has 0 saturated heterocycles. The molecular formula is C20H18ClN3O3. The van der Waals surface area contributed by atoms with Crippen LogP contribution in [0.1, 0.15) is 24.0 Å². The average Bonchev–Trinajstić information content (AvgIpc) is 3.47. The standard InChI is InChI=1S/C20H18ClN3O3/c1-12-9-16(17(27-2)10-14(12)21)24-19(26)20(7-8-20)18(25)23-15-6-4-3-5-13(15)11-22/h3-6,9-10H,7-8H2,1-2H3,(H,23,25)(H,24,26). The van der Waals surface area contributed by atoms with E-state index in [1.807, 2.05) is 13.0 Å². The summed E-state index contributed by atoms with van der Waals surface area (Å²) in [5, 5.41) is 15.2. The summed E-state index contributed by atoms with van der Waals surface area (Å²) >= 11 is 6.09. The van der Waals surface area contributed by atoms with Gasteiger partial charge >= 0.3 is 0 Å². The number of nitrogens with zero attached hydrogens (tertiary/aromatic N) is 1. The van der Waals surface area contributed by atoms with Crippen molar-refractivity contribution in [2.45, 2.75) is 19.8 Å². The Morgan fingerprint density at radius 1 is 1.15 bits per heavy atom. The molecule has 0 aromatic heterocycles. The molecule has 2 amide bonds. The molecule has 1 aliphatic rings. The fraction of sp³-hybridized carbons (Fsp3) is 0.250. The van der Waals surface area contributed by atoms with Crippen LogP contribution in [-0.4, -0.2) is 18.9 Å². The Balaban J connectivity index is 1.80. The molecule has 1 aliphatic carbocycles. The third kappa shape index (κ3) is 3.60. The van der Waals surface area contributed by atoms with Gasteiger partial charge in [0.15, 0.2) is 0 Å². The largest absolute Gasteiger partial charge is 0.495 e. The molecule has 0 spiro atoms. The molecular weight excluding hydrogens is 366 g/mol. The van der Waals surface area contributed by atoms with Crippen molar-refractivity contribution in [2.75, 3.05) is 17.7 Å². The summed E-state index contributed by atoms with van der Waals surface area (Å²) in [6.07, 6.45) is 0.878. The lowest BCUT2D eigenvalue weighted by Crippen LogP contribution is -2.36. The molecule has 0 atom stereocenters. The van der Waals surface area contributed by atoms with E-state index in [0.717, 1.165) is 5.56 Å². The molecule has 3 rings (SSSR count). The van der Waals surface area contributed by atoms with Crippen molar-refractivity contribution >= 4 is 34.8 Å². The lowest BCUT2D eigenvalue weighted by molar-refractivity contribution is -0.131. The van der Waals surface area contributed by atoms with Gasteiger partial charge in [-0.1, -0.05) is 23.7 Å². The molecule has 1 saturated carbocycles. The van der Waals surface area contributed by atoms with Gasteiger partial charge in [-0.3, -0.25) is 9.59 Å². The second-order valence-electron chi connectivity index (χ2n) is 6.45. The number of hydrogen-bond acceptors (Lipinski definition) is 4. The number of benzene rings is 2. The van der Waals surface area contributed by atoms with Gasteiger partial charge in [0.05, 0.1) is 24.0 Å². The lowest BCUT2D eigenvalue weighted by atomic mass is 10.0. The molecule has 2 aromatic rings. The van der Waals surface area contributed by atoms with Crippen LogP contribution in [0.2, 0.25) is 5.02 Å². The molecule has 6 nitrogen and oxygen atoms in total. The molecule has 0 heterocycles. The van der Waals surface area contributed by atoms with Crippen molar-refractivity contribution in [3.63, 3.8) is 0 Å². The van der Waals surface area contributed by atoms with Crippen molar-refractivity contribution < 1.29 is 14.3 Å². The number of carbonyl (C=O) groups excluding carboxylic acids is 2. The van der Waals surface area contributed by atoms with Crippen molar-refractivity contribution in [3.8, 4) is 11.8 Å². The Hall–Kier alpha value is -3.04. The van der Waals surface area contributed by atoms with Crippen LogP contribution in [-0.2, 0) is 9.59 Å². The van der Waals surface area contributed by atoms with E-state index in [2.05, 4.69) is 10.6 Å². The van der Waals surface area contributed by atoms with E-state index in [0.29, 0.717) is 40.6 Å². The van der Waals surface area contributed by atoms with E-state index in [-0.39, 0.29) is 0 Å². The maximum Gasteiger partial charge on any atom is 0.240 e. The molecule has 0 bridgehead atoms. The van der Waals surface area contributed by atoms with Crippen LogP contribution < -0.4 is 15.4 Å². The number of nitrogens with one attached hydrogen (secondary N) is 2. The van der Waals surface area contributed by atoms with Crippen LogP contribution in [0.25, 0.3) is 0 Å². The van der Waals surface area contributed by atoms with Crippen LogP contribution >= 0.6 is 11.6 Å². The van der Waals surface area contributed by atoms with Gasteiger partial charge in [0, 0.05) is 11.1 Å². The summed E-state index contributed by atoms with van der Waals surface area (Å²) in [6.45, 7) is 1.82. The van der Waals surface area contributed by atoms with Gasteiger partial charge in [0.1, 0.15) is 17.2 Å². The molecule has 138 valence electrons. The third-order valence-electron chi connectivity index (χ3n) is 4.64. The molecule has 0 aliphatic heterocycles. The zero-order valence-electron chi connectivity index (χ0n) is 14.9. The van der Waals surface area contributed by atoms with E-state index in [4.69, 9.17) is 21.6 Å². The van der Waals surface area contributed by atoms with Crippen LogP contribution in [0.4, 0.5) is 11.4 Å². The highest BCUT2D eigenvalue weighted by Gasteiger charge is 2.56. The van der Waals surface area contributed by atoms with E-state index in [1.54, 1.807) is 36.4 Å². The quantitative estimate of drug-likeness (QED) is 0.766. The number of para-hydroxylation sites is 1. The minimum atomic E-state index is -1.15. The van der Waals surface area contributed by atoms with Crippen molar-refractivity contribution in [2.24, 2.45) is 5.41 Å². The predicted octanol–water partition coefficient (Wildman–Crippen LogP) is 3.89. The first-order valence-corrected chi connectivity index (χ1v) is 8.75. The van der Waals surface area contributed by atoms with Crippen LogP contribution in [0.5, 0.6) is 5.75 Å². The highest BCUT2D eigenvalue weighted by atomic mass is 35.5. The second kappa shape index (κ2) is 7.29. The molecule has 2 N–H and O–H groups in total. The highest BCUT2D eigenvalue weighted by molar-refractivity contribution is 6.31. The monoisotopic (exact) mass is 383 g/mol. The molecule has 1 fully saturated rings. The topological polar surface area (TPSA) is 91.2 Å². The number of anilines is 2. The number of carbonyl (C=O) groups is 2. The zero-order valence-corrected chi connectivity index (χ0v) is 15.7. The van der Waals surface area contributed by atoms with E-state index in [1.165, 1.54) is 7.11 Å². The van der Waals surface area contributed by atoms with E-state index >= 15 is 0 Å². The van der Waals surface area contributed by atoms with Crippen molar-refractivity contribution in [3.05, 3.63) is 52.5 Å². The summed E-state index contributed by atoms with van der Waals surface area (Å²) in [6, 6.07) is 12.0. The van der Waals surface area contributed by atoms with Gasteiger partial charge in [-0.15, -0.1) is 0 Å². The van der Waals surface area contributed by atoms with Crippen LogP contribution in [0.15, 0.2) is 36.4 Å². The Morgan fingerprint density at radius 2 is 1.78 bits per heavy atom. The van der Waals surface area contributed by atoms with Crippen molar-refractivity contribution in [1.82, 2.24) is 0 Å². The summed E-state index contributed by atoms with van der Waals surface area (Å²) in [5.41, 5.74) is 0.827. The first-order chi connectivity index (χ1) is 12.9. The summed E-state index contributed by atoms with van der Waals surface area (Å²) in [4.78, 5) is 25.6. The van der Waals surface area contributed by atoms with Gasteiger partial charge in [-0.2, -0.15) is 5.26 Å². The summed E-state index contributed by atoms with van der Waals surface area (Å²) in [5.74, 6) is -0.410. The van der Waals surface area contributed by atoms with Gasteiger partial charge in [-0.25, -0.2) is 0 Å². The third-order valence-corrected chi connectivity index (χ3v) is 5.05. The van der Waals surface area contributed by atoms with Crippen LogP contribution in [0.3, 0.4) is 0 Å². The molecule has 0 unspecified atom stereocenters.